The third-order valence-electron chi connectivity index (χ3n) is 6.62. The van der Waals surface area contributed by atoms with Gasteiger partial charge in [0, 0.05) is 29.3 Å². The molecular weight excluding hydrogens is 420 g/mol. The van der Waals surface area contributed by atoms with Crippen molar-refractivity contribution in [2.24, 2.45) is 5.73 Å². The van der Waals surface area contributed by atoms with Gasteiger partial charge in [-0.1, -0.05) is 50.5 Å². The van der Waals surface area contributed by atoms with Gasteiger partial charge in [-0.25, -0.2) is 0 Å². The Bertz CT molecular complexity index is 945. The maximum atomic E-state index is 11.5. The van der Waals surface area contributed by atoms with Crippen LogP contribution in [0.2, 0.25) is 0 Å². The highest BCUT2D eigenvalue weighted by Gasteiger charge is 2.20. The average molecular weight is 463 g/mol. The highest BCUT2D eigenvalue weighted by molar-refractivity contribution is 5.78. The number of unbranched alkanes of at least 4 members (excludes halogenated alkanes) is 3. The van der Waals surface area contributed by atoms with Crippen LogP contribution in [0.15, 0.2) is 55.6 Å². The van der Waals surface area contributed by atoms with Crippen LogP contribution in [0.1, 0.15) is 62.1 Å². The van der Waals surface area contributed by atoms with Gasteiger partial charge in [-0.3, -0.25) is 4.90 Å². The second kappa shape index (κ2) is 13.4. The Morgan fingerprint density at radius 2 is 1.71 bits per heavy atom. The number of phenols is 1. The summed E-state index contributed by atoms with van der Waals surface area (Å²) in [6.07, 6.45) is 12.0. The van der Waals surface area contributed by atoms with Gasteiger partial charge in [-0.15, -0.1) is 13.2 Å². The monoisotopic (exact) mass is 462 g/mol. The molecule has 2 aromatic carbocycles. The van der Waals surface area contributed by atoms with Crippen LogP contribution in [0, 0.1) is 0 Å². The molecule has 1 heterocycles. The minimum atomic E-state index is 0.289. The number of nitrogens with zero attached hydrogens (tertiary/aromatic N) is 1. The van der Waals surface area contributed by atoms with Crippen LogP contribution in [-0.4, -0.2) is 35.7 Å². The van der Waals surface area contributed by atoms with Gasteiger partial charge < -0.3 is 15.6 Å². The number of hydrogen-bond donors (Lipinski definition) is 2. The van der Waals surface area contributed by atoms with Crippen molar-refractivity contribution in [1.82, 2.24) is 4.90 Å². The summed E-state index contributed by atoms with van der Waals surface area (Å²) < 4.78 is 6.25. The lowest BCUT2D eigenvalue weighted by atomic mass is 9.94. The molecule has 0 saturated carbocycles. The van der Waals surface area contributed by atoms with Crippen molar-refractivity contribution in [3.05, 3.63) is 72.3 Å². The predicted octanol–water partition coefficient (Wildman–Crippen LogP) is 6.40. The molecule has 0 unspecified atom stereocenters. The third kappa shape index (κ3) is 7.22. The molecule has 3 N–H and O–H groups in total. The molecule has 1 aliphatic heterocycles. The summed E-state index contributed by atoms with van der Waals surface area (Å²) in [5.41, 5.74) is 11.1. The van der Waals surface area contributed by atoms with E-state index in [4.69, 9.17) is 10.5 Å². The molecule has 4 heteroatoms. The van der Waals surface area contributed by atoms with Crippen LogP contribution in [0.25, 0.3) is 11.1 Å². The van der Waals surface area contributed by atoms with Gasteiger partial charge in [-0.05, 0) is 74.5 Å². The Hall–Kier alpha value is -2.56. The maximum absolute atomic E-state index is 11.5. The molecule has 4 nitrogen and oxygen atoms in total. The number of hydrogen-bond acceptors (Lipinski definition) is 4. The van der Waals surface area contributed by atoms with E-state index < -0.39 is 0 Å². The molecule has 1 fully saturated rings. The van der Waals surface area contributed by atoms with E-state index in [9.17, 15) is 5.11 Å². The first-order valence-corrected chi connectivity index (χ1v) is 12.9. The van der Waals surface area contributed by atoms with Crippen LogP contribution >= 0.6 is 0 Å². The summed E-state index contributed by atoms with van der Waals surface area (Å²) in [6.45, 7) is 13.4. The standard InChI is InChI=1S/C30H42N2O2/c1-4-7-8-9-18-34-29-13-12-23(10-5-2)20-27(29)28-21-24(11-6-3)19-25(30(28)33)22-32-16-14-26(31)15-17-32/h5-6,12-13,19-21,26,33H,2-4,7-11,14-18,22,31H2,1H3. The van der Waals surface area contributed by atoms with Gasteiger partial charge in [0.25, 0.3) is 0 Å². The summed E-state index contributed by atoms with van der Waals surface area (Å²) in [6, 6.07) is 10.8. The van der Waals surface area contributed by atoms with Gasteiger partial charge in [0.15, 0.2) is 0 Å². The Morgan fingerprint density at radius 3 is 2.41 bits per heavy atom. The molecule has 0 amide bonds. The largest absolute Gasteiger partial charge is 0.507 e. The third-order valence-corrected chi connectivity index (χ3v) is 6.62. The molecular formula is C30H42N2O2. The number of allylic oxidation sites excluding steroid dienone is 2. The highest BCUT2D eigenvalue weighted by atomic mass is 16.5. The van der Waals surface area contributed by atoms with Gasteiger partial charge in [0.2, 0.25) is 0 Å². The van der Waals surface area contributed by atoms with E-state index in [0.717, 1.165) is 85.3 Å². The fourth-order valence-corrected chi connectivity index (χ4v) is 4.64. The van der Waals surface area contributed by atoms with Crippen molar-refractivity contribution >= 4 is 0 Å². The fraction of sp³-hybridized carbons (Fsp3) is 0.467. The first-order valence-electron chi connectivity index (χ1n) is 12.9. The molecule has 1 saturated heterocycles. The lowest BCUT2D eigenvalue weighted by molar-refractivity contribution is 0.203. The van der Waals surface area contributed by atoms with E-state index in [1.165, 1.54) is 19.3 Å². The van der Waals surface area contributed by atoms with Crippen molar-refractivity contribution in [2.45, 2.75) is 70.9 Å². The number of nitrogens with two attached hydrogens (primary N) is 1. The number of likely N-dealkylation sites (tertiary alicyclic amines) is 1. The van der Waals surface area contributed by atoms with E-state index >= 15 is 0 Å². The van der Waals surface area contributed by atoms with Gasteiger partial charge in [0.05, 0.1) is 6.61 Å². The van der Waals surface area contributed by atoms with Crippen molar-refractivity contribution in [3.8, 4) is 22.6 Å². The first-order chi connectivity index (χ1) is 16.5. The van der Waals surface area contributed by atoms with E-state index in [0.29, 0.717) is 12.4 Å². The Labute approximate surface area is 206 Å². The zero-order chi connectivity index (χ0) is 24.3. The summed E-state index contributed by atoms with van der Waals surface area (Å²) >= 11 is 0. The van der Waals surface area contributed by atoms with E-state index in [2.05, 4.69) is 49.2 Å². The van der Waals surface area contributed by atoms with Crippen molar-refractivity contribution in [1.29, 1.82) is 0 Å². The topological polar surface area (TPSA) is 58.7 Å². The Morgan fingerprint density at radius 1 is 1.00 bits per heavy atom. The molecule has 184 valence electrons. The van der Waals surface area contributed by atoms with Crippen molar-refractivity contribution in [3.63, 3.8) is 0 Å². The van der Waals surface area contributed by atoms with Crippen LogP contribution < -0.4 is 10.5 Å². The number of rotatable bonds is 13. The molecule has 0 aromatic heterocycles. The van der Waals surface area contributed by atoms with Gasteiger partial charge in [-0.2, -0.15) is 0 Å². The molecule has 3 rings (SSSR count). The number of piperidine rings is 1. The minimum Gasteiger partial charge on any atom is -0.507 e. The number of benzene rings is 2. The Kier molecular flexibility index (Phi) is 10.2. The number of phenolic OH excluding ortho intramolecular Hbond substituents is 1. The summed E-state index contributed by atoms with van der Waals surface area (Å²) in [4.78, 5) is 2.39. The predicted molar refractivity (Wildman–Crippen MR) is 143 cm³/mol. The molecule has 0 radical (unpaired) electrons. The first kappa shape index (κ1) is 26.1. The normalized spacial score (nSPS) is 14.8. The van der Waals surface area contributed by atoms with Crippen molar-refractivity contribution in [2.75, 3.05) is 19.7 Å². The smallest absolute Gasteiger partial charge is 0.128 e. The molecule has 0 bridgehead atoms. The second-order valence-electron chi connectivity index (χ2n) is 9.49. The highest BCUT2D eigenvalue weighted by Crippen LogP contribution is 2.40. The average Bonchev–Trinajstić information content (AvgIpc) is 2.83. The molecule has 2 aromatic rings. The minimum absolute atomic E-state index is 0.289. The SMILES string of the molecule is C=CCc1ccc(OCCCCCC)c(-c2cc(CC=C)cc(CN3CCC(N)CC3)c2O)c1. The molecule has 1 aliphatic rings. The molecule has 0 aliphatic carbocycles. The Balaban J connectivity index is 1.96. The quantitative estimate of drug-likeness (QED) is 0.267. The van der Waals surface area contributed by atoms with E-state index in [1.807, 2.05) is 18.2 Å². The van der Waals surface area contributed by atoms with E-state index in [-0.39, 0.29) is 6.04 Å². The summed E-state index contributed by atoms with van der Waals surface area (Å²) in [5.74, 6) is 1.17. The zero-order valence-corrected chi connectivity index (χ0v) is 20.9. The lowest BCUT2D eigenvalue weighted by Crippen LogP contribution is -2.39. The van der Waals surface area contributed by atoms with Crippen LogP contribution in [0.3, 0.4) is 0 Å². The van der Waals surface area contributed by atoms with Gasteiger partial charge >= 0.3 is 0 Å². The van der Waals surface area contributed by atoms with Crippen LogP contribution in [-0.2, 0) is 19.4 Å². The van der Waals surface area contributed by atoms with Crippen LogP contribution in [0.5, 0.6) is 11.5 Å². The van der Waals surface area contributed by atoms with Crippen molar-refractivity contribution < 1.29 is 9.84 Å². The second-order valence-corrected chi connectivity index (χ2v) is 9.49. The zero-order valence-electron chi connectivity index (χ0n) is 20.9. The number of aromatic hydroxyl groups is 1. The fourth-order valence-electron chi connectivity index (χ4n) is 4.64. The van der Waals surface area contributed by atoms with Crippen LogP contribution in [0.4, 0.5) is 0 Å². The maximum Gasteiger partial charge on any atom is 0.128 e. The molecule has 0 spiro atoms. The lowest BCUT2D eigenvalue weighted by Gasteiger charge is -2.30. The molecule has 0 atom stereocenters. The van der Waals surface area contributed by atoms with Gasteiger partial charge in [0.1, 0.15) is 11.5 Å². The van der Waals surface area contributed by atoms with E-state index in [1.54, 1.807) is 0 Å². The number of ether oxygens (including phenoxy) is 1. The summed E-state index contributed by atoms with van der Waals surface area (Å²) in [7, 11) is 0. The molecule has 34 heavy (non-hydrogen) atoms. The summed E-state index contributed by atoms with van der Waals surface area (Å²) in [5, 5.41) is 11.5.